The highest BCUT2D eigenvalue weighted by atomic mass is 35.5. The van der Waals surface area contributed by atoms with Gasteiger partial charge in [-0.3, -0.25) is 14.5 Å². The monoisotopic (exact) mass is 488 g/mol. The Bertz CT molecular complexity index is 1450. The molecule has 0 saturated carbocycles. The Morgan fingerprint density at radius 1 is 0.939 bits per heavy atom. The van der Waals surface area contributed by atoms with E-state index in [0.717, 1.165) is 21.9 Å². The van der Waals surface area contributed by atoms with Gasteiger partial charge < -0.3 is 4.90 Å². The van der Waals surface area contributed by atoms with Crippen molar-refractivity contribution in [3.8, 4) is 0 Å². The molecule has 10 heteroatoms. The summed E-state index contributed by atoms with van der Waals surface area (Å²) in [4.78, 5) is 26.5. The molecule has 0 N–H and O–H groups in total. The fourth-order valence-electron chi connectivity index (χ4n) is 4.47. The summed E-state index contributed by atoms with van der Waals surface area (Å²) in [6.45, 7) is -0.244. The Balaban J connectivity index is 1.75. The van der Waals surface area contributed by atoms with E-state index in [1.807, 2.05) is 0 Å². The Labute approximate surface area is 192 Å². The number of carbonyl (C=O) groups is 2. The van der Waals surface area contributed by atoms with Crippen LogP contribution in [0.1, 0.15) is 11.1 Å². The van der Waals surface area contributed by atoms with Crippen molar-refractivity contribution in [1.82, 2.24) is 0 Å². The first-order valence-electron chi connectivity index (χ1n) is 9.84. The van der Waals surface area contributed by atoms with Crippen molar-refractivity contribution >= 4 is 44.6 Å². The van der Waals surface area contributed by atoms with Gasteiger partial charge in [-0.1, -0.05) is 48.0 Å². The van der Waals surface area contributed by atoms with Crippen LogP contribution in [0.3, 0.4) is 0 Å². The fraction of sp³-hybridized carbons (Fsp3) is 0.130. The van der Waals surface area contributed by atoms with Crippen LogP contribution in [0.15, 0.2) is 66.7 Å². The smallest absolute Gasteiger partial charge is 0.274 e. The lowest BCUT2D eigenvalue weighted by Gasteiger charge is -2.32. The predicted octanol–water partition coefficient (Wildman–Crippen LogP) is 3.78. The summed E-state index contributed by atoms with van der Waals surface area (Å²) in [5, 5.41) is -0.332. The molecule has 0 aromatic heterocycles. The molecule has 3 aromatic carbocycles. The number of carbonyl (C=O) groups excluding carboxylic acids is 2. The molecular weight excluding hydrogens is 474 g/mol. The molecule has 1 fully saturated rings. The summed E-state index contributed by atoms with van der Waals surface area (Å²) in [5.74, 6) is -4.01. The Hall–Kier alpha value is -3.30. The molecule has 0 radical (unpaired) electrons. The lowest BCUT2D eigenvalue weighted by molar-refractivity contribution is -0.123. The molecule has 3 aromatic rings. The number of rotatable bonds is 3. The number of para-hydroxylation sites is 1. The highest BCUT2D eigenvalue weighted by Crippen LogP contribution is 2.53. The molecular formula is C23H15ClF2N2O4S. The molecule has 2 heterocycles. The molecule has 1 atom stereocenters. The summed E-state index contributed by atoms with van der Waals surface area (Å²) < 4.78 is 55.1. The lowest BCUT2D eigenvalue weighted by atomic mass is 10.0. The van der Waals surface area contributed by atoms with Crippen LogP contribution in [-0.2, 0) is 30.8 Å². The molecule has 1 saturated heterocycles. The van der Waals surface area contributed by atoms with E-state index in [9.17, 15) is 26.8 Å². The van der Waals surface area contributed by atoms with E-state index in [0.29, 0.717) is 0 Å². The third-order valence-electron chi connectivity index (χ3n) is 5.87. The summed E-state index contributed by atoms with van der Waals surface area (Å²) in [6.07, 6.45) is 0. The van der Waals surface area contributed by atoms with Crippen molar-refractivity contribution in [1.29, 1.82) is 0 Å². The van der Waals surface area contributed by atoms with Gasteiger partial charge in [-0.05, 0) is 30.3 Å². The second-order valence-electron chi connectivity index (χ2n) is 7.73. The number of fused-ring (bicyclic) bond motifs is 2. The minimum Gasteiger partial charge on any atom is -0.304 e. The summed E-state index contributed by atoms with van der Waals surface area (Å²) in [6, 6.07) is 15.3. The van der Waals surface area contributed by atoms with Crippen molar-refractivity contribution in [2.45, 2.75) is 11.4 Å². The maximum Gasteiger partial charge on any atom is 0.274 e. The van der Waals surface area contributed by atoms with Crippen molar-refractivity contribution in [3.05, 3.63) is 94.5 Å². The van der Waals surface area contributed by atoms with Gasteiger partial charge in [0.05, 0.1) is 17.3 Å². The van der Waals surface area contributed by atoms with Crippen LogP contribution in [0.4, 0.5) is 20.2 Å². The van der Waals surface area contributed by atoms with Crippen LogP contribution < -0.4 is 9.80 Å². The number of nitrogens with zero attached hydrogens (tertiary/aromatic N) is 2. The van der Waals surface area contributed by atoms with E-state index in [-0.39, 0.29) is 34.1 Å². The van der Waals surface area contributed by atoms with Gasteiger partial charge in [-0.15, -0.1) is 0 Å². The van der Waals surface area contributed by atoms with E-state index in [1.54, 1.807) is 18.2 Å². The highest BCUT2D eigenvalue weighted by molar-refractivity contribution is 7.94. The topological polar surface area (TPSA) is 74.8 Å². The van der Waals surface area contributed by atoms with Gasteiger partial charge in [0.25, 0.3) is 10.8 Å². The minimum absolute atomic E-state index is 0.0385. The highest BCUT2D eigenvalue weighted by Gasteiger charge is 2.69. The zero-order valence-corrected chi connectivity index (χ0v) is 18.4. The molecule has 0 bridgehead atoms. The standard InChI is InChI=1S/C23H15ClF2N2O4S/c24-17-11-15(9-10-19(17)26)28-21(29)13-33(31,32)23(28)16-6-2-4-8-20(16)27(22(23)30)12-14-5-1-3-7-18(14)25/h1-11H,12-13H2. The molecule has 2 amide bonds. The number of halogens is 3. The Kier molecular flexibility index (Phi) is 4.80. The van der Waals surface area contributed by atoms with Crippen molar-refractivity contribution in [2.75, 3.05) is 15.6 Å². The number of benzene rings is 3. The van der Waals surface area contributed by atoms with Gasteiger partial charge in [0.15, 0.2) is 9.84 Å². The first-order valence-corrected chi connectivity index (χ1v) is 11.9. The number of hydrogen-bond donors (Lipinski definition) is 0. The molecule has 1 unspecified atom stereocenters. The molecule has 0 aliphatic carbocycles. The lowest BCUT2D eigenvalue weighted by Crippen LogP contribution is -2.54. The van der Waals surface area contributed by atoms with Crippen molar-refractivity contribution in [2.24, 2.45) is 0 Å². The molecule has 5 rings (SSSR count). The number of sulfone groups is 1. The first kappa shape index (κ1) is 21.5. The molecule has 6 nitrogen and oxygen atoms in total. The maximum absolute atomic E-state index is 14.4. The average molecular weight is 489 g/mol. The normalized spacial score (nSPS) is 21.2. The van der Waals surface area contributed by atoms with Gasteiger partial charge in [-0.25, -0.2) is 17.2 Å². The third kappa shape index (κ3) is 2.92. The van der Waals surface area contributed by atoms with Crippen LogP contribution >= 0.6 is 11.6 Å². The number of anilines is 2. The van der Waals surface area contributed by atoms with Crippen molar-refractivity contribution < 1.29 is 26.8 Å². The van der Waals surface area contributed by atoms with Gasteiger partial charge >= 0.3 is 0 Å². The average Bonchev–Trinajstić information content (AvgIpc) is 3.14. The van der Waals surface area contributed by atoms with E-state index < -0.39 is 43.9 Å². The second kappa shape index (κ2) is 7.36. The van der Waals surface area contributed by atoms with Crippen molar-refractivity contribution in [3.63, 3.8) is 0 Å². The van der Waals surface area contributed by atoms with Gasteiger partial charge in [0.1, 0.15) is 17.4 Å². The Morgan fingerprint density at radius 2 is 1.64 bits per heavy atom. The second-order valence-corrected chi connectivity index (χ2v) is 10.2. The maximum atomic E-state index is 14.4. The summed E-state index contributed by atoms with van der Waals surface area (Å²) in [7, 11) is -4.40. The third-order valence-corrected chi connectivity index (χ3v) is 8.26. The van der Waals surface area contributed by atoms with E-state index >= 15 is 0 Å². The minimum atomic E-state index is -4.40. The molecule has 2 aliphatic rings. The van der Waals surface area contributed by atoms with Crippen LogP contribution in [-0.4, -0.2) is 26.0 Å². The quantitative estimate of drug-likeness (QED) is 0.562. The SMILES string of the molecule is O=C1CS(=O)(=O)C2(C(=O)N(Cc3ccccc3F)c3ccccc32)N1c1ccc(F)c(Cl)c1. The molecule has 2 aliphatic heterocycles. The van der Waals surface area contributed by atoms with Crippen LogP contribution in [0.25, 0.3) is 0 Å². The summed E-state index contributed by atoms with van der Waals surface area (Å²) in [5.41, 5.74) is 0.444. The number of hydrogen-bond acceptors (Lipinski definition) is 4. The largest absolute Gasteiger partial charge is 0.304 e. The Morgan fingerprint density at radius 3 is 2.36 bits per heavy atom. The molecule has 33 heavy (non-hydrogen) atoms. The molecule has 1 spiro atoms. The zero-order chi connectivity index (χ0) is 23.5. The van der Waals surface area contributed by atoms with Crippen LogP contribution in [0.2, 0.25) is 5.02 Å². The van der Waals surface area contributed by atoms with Crippen LogP contribution in [0, 0.1) is 11.6 Å². The summed E-state index contributed by atoms with van der Waals surface area (Å²) >= 11 is 5.90. The van der Waals surface area contributed by atoms with Gasteiger partial charge in [0.2, 0.25) is 5.91 Å². The zero-order valence-electron chi connectivity index (χ0n) is 16.8. The van der Waals surface area contributed by atoms with Gasteiger partial charge in [0, 0.05) is 16.8 Å². The molecule has 168 valence electrons. The van der Waals surface area contributed by atoms with Crippen LogP contribution in [0.5, 0.6) is 0 Å². The number of amides is 2. The first-order chi connectivity index (χ1) is 15.7. The van der Waals surface area contributed by atoms with E-state index in [2.05, 4.69) is 0 Å². The van der Waals surface area contributed by atoms with E-state index in [4.69, 9.17) is 11.6 Å². The van der Waals surface area contributed by atoms with Gasteiger partial charge in [-0.2, -0.15) is 0 Å². The predicted molar refractivity (Wildman–Crippen MR) is 118 cm³/mol. The fourth-order valence-corrected chi connectivity index (χ4v) is 6.68. The van der Waals surface area contributed by atoms with E-state index in [1.165, 1.54) is 36.4 Å².